The third-order valence-corrected chi connectivity index (χ3v) is 8.91. The first-order valence-electron chi connectivity index (χ1n) is 15.1. The van der Waals surface area contributed by atoms with Crippen LogP contribution in [0.5, 0.6) is 0 Å². The second-order valence-electron chi connectivity index (χ2n) is 11.4. The van der Waals surface area contributed by atoms with Crippen molar-refractivity contribution in [1.82, 2.24) is 9.13 Å². The van der Waals surface area contributed by atoms with Crippen LogP contribution in [0, 0.1) is 0 Å². The summed E-state index contributed by atoms with van der Waals surface area (Å²) in [5.41, 5.74) is 12.0. The summed E-state index contributed by atoms with van der Waals surface area (Å²) in [6.07, 6.45) is 0. The van der Waals surface area contributed by atoms with Gasteiger partial charge in [0.15, 0.2) is 0 Å². The van der Waals surface area contributed by atoms with E-state index in [1.165, 1.54) is 71.6 Å². The molecule has 0 saturated heterocycles. The molecule has 44 heavy (non-hydrogen) atoms. The lowest BCUT2D eigenvalue weighted by Gasteiger charge is -2.16. The van der Waals surface area contributed by atoms with Gasteiger partial charge in [0.2, 0.25) is 0 Å². The van der Waals surface area contributed by atoms with Gasteiger partial charge in [0.05, 0.1) is 27.8 Å². The van der Waals surface area contributed by atoms with Crippen LogP contribution >= 0.6 is 0 Å². The third-order valence-electron chi connectivity index (χ3n) is 8.91. The van der Waals surface area contributed by atoms with E-state index in [9.17, 15) is 0 Å². The predicted octanol–water partition coefficient (Wildman–Crippen LogP) is 11.2. The number of hydrogen-bond acceptors (Lipinski definition) is 0. The van der Waals surface area contributed by atoms with Crippen LogP contribution in [0.4, 0.5) is 0 Å². The highest BCUT2D eigenvalue weighted by Crippen LogP contribution is 2.43. The lowest BCUT2D eigenvalue weighted by molar-refractivity contribution is 1.15. The van der Waals surface area contributed by atoms with E-state index in [4.69, 9.17) is 0 Å². The highest BCUT2D eigenvalue weighted by molar-refractivity contribution is 6.24. The topological polar surface area (TPSA) is 9.86 Å². The molecule has 0 saturated carbocycles. The Morgan fingerprint density at radius 2 is 0.841 bits per heavy atom. The first kappa shape index (κ1) is 24.7. The number of rotatable bonds is 4. The van der Waals surface area contributed by atoms with Crippen LogP contribution in [0.1, 0.15) is 0 Å². The summed E-state index contributed by atoms with van der Waals surface area (Å²) < 4.78 is 4.96. The summed E-state index contributed by atoms with van der Waals surface area (Å²) in [5.74, 6) is 0. The minimum atomic E-state index is 1.15. The Labute approximate surface area is 255 Å². The monoisotopic (exact) mass is 560 g/mol. The van der Waals surface area contributed by atoms with Gasteiger partial charge in [-0.15, -0.1) is 0 Å². The molecule has 2 aromatic heterocycles. The molecule has 0 radical (unpaired) electrons. The smallest absolute Gasteiger partial charge is 0.0789 e. The van der Waals surface area contributed by atoms with Crippen molar-refractivity contribution in [2.45, 2.75) is 0 Å². The Bertz CT molecular complexity index is 2480. The van der Waals surface area contributed by atoms with Crippen molar-refractivity contribution in [2.24, 2.45) is 0 Å². The van der Waals surface area contributed by atoms with Crippen molar-refractivity contribution in [3.8, 4) is 33.6 Å². The molecule has 0 fully saturated rings. The van der Waals surface area contributed by atoms with Gasteiger partial charge in [0, 0.05) is 32.8 Å². The second-order valence-corrected chi connectivity index (χ2v) is 11.4. The van der Waals surface area contributed by atoms with Gasteiger partial charge in [-0.2, -0.15) is 0 Å². The molecular formula is C42H28N2. The minimum absolute atomic E-state index is 1.15. The van der Waals surface area contributed by atoms with E-state index < -0.39 is 0 Å². The molecule has 9 aromatic rings. The maximum absolute atomic E-state index is 2.49. The summed E-state index contributed by atoms with van der Waals surface area (Å²) in [6, 6.07) is 61.4. The van der Waals surface area contributed by atoms with Crippen LogP contribution in [0.3, 0.4) is 0 Å². The summed E-state index contributed by atoms with van der Waals surface area (Å²) >= 11 is 0. The van der Waals surface area contributed by atoms with E-state index in [0.717, 1.165) is 5.69 Å². The van der Waals surface area contributed by atoms with E-state index in [1.807, 2.05) is 0 Å². The predicted molar refractivity (Wildman–Crippen MR) is 186 cm³/mol. The van der Waals surface area contributed by atoms with E-state index in [0.29, 0.717) is 0 Å². The van der Waals surface area contributed by atoms with Gasteiger partial charge >= 0.3 is 0 Å². The maximum Gasteiger partial charge on any atom is 0.0789 e. The molecule has 0 unspecified atom stereocenters. The fourth-order valence-corrected chi connectivity index (χ4v) is 7.00. The number of hydrogen-bond donors (Lipinski definition) is 0. The average molecular weight is 561 g/mol. The van der Waals surface area contributed by atoms with Gasteiger partial charge in [-0.25, -0.2) is 0 Å². The molecule has 0 aliphatic rings. The fraction of sp³-hybridized carbons (Fsp3) is 0. The Morgan fingerprint density at radius 1 is 0.318 bits per heavy atom. The zero-order valence-electron chi connectivity index (χ0n) is 24.1. The van der Waals surface area contributed by atoms with Crippen LogP contribution in [-0.4, -0.2) is 9.13 Å². The van der Waals surface area contributed by atoms with Crippen LogP contribution < -0.4 is 0 Å². The van der Waals surface area contributed by atoms with E-state index >= 15 is 0 Å². The normalized spacial score (nSPS) is 11.6. The Kier molecular flexibility index (Phi) is 5.54. The molecule has 0 bridgehead atoms. The quantitative estimate of drug-likeness (QED) is 0.203. The molecule has 0 N–H and O–H groups in total. The largest absolute Gasteiger partial charge is 0.307 e. The molecular weight excluding hydrogens is 532 g/mol. The molecule has 9 rings (SSSR count). The molecule has 0 spiro atoms. The Balaban J connectivity index is 1.46. The fourth-order valence-electron chi connectivity index (χ4n) is 7.00. The SMILES string of the molecule is c1ccc(-c2cccc(-n3c4ccccc4c4ccc5c6ccccc6n(-c6ccccc6-c6ccccc6)c5c43)c2)cc1. The summed E-state index contributed by atoms with van der Waals surface area (Å²) in [6.45, 7) is 0. The van der Waals surface area contributed by atoms with Gasteiger partial charge in [0.1, 0.15) is 0 Å². The van der Waals surface area contributed by atoms with Gasteiger partial charge < -0.3 is 9.13 Å². The number of fused-ring (bicyclic) bond motifs is 7. The number of para-hydroxylation sites is 3. The zero-order valence-corrected chi connectivity index (χ0v) is 24.1. The van der Waals surface area contributed by atoms with Crippen LogP contribution in [0.15, 0.2) is 170 Å². The second kappa shape index (κ2) is 9.86. The van der Waals surface area contributed by atoms with E-state index in [2.05, 4.69) is 179 Å². The van der Waals surface area contributed by atoms with Gasteiger partial charge in [-0.3, -0.25) is 0 Å². The first-order valence-corrected chi connectivity index (χ1v) is 15.1. The zero-order chi connectivity index (χ0) is 29.0. The minimum Gasteiger partial charge on any atom is -0.307 e. The number of nitrogens with zero attached hydrogens (tertiary/aromatic N) is 2. The highest BCUT2D eigenvalue weighted by Gasteiger charge is 2.22. The molecule has 2 heterocycles. The van der Waals surface area contributed by atoms with E-state index in [1.54, 1.807) is 0 Å². The van der Waals surface area contributed by atoms with Crippen molar-refractivity contribution < 1.29 is 0 Å². The molecule has 206 valence electrons. The maximum atomic E-state index is 2.49. The molecule has 2 nitrogen and oxygen atoms in total. The first-order chi connectivity index (χ1) is 21.9. The van der Waals surface area contributed by atoms with Gasteiger partial charge in [-0.1, -0.05) is 140 Å². The van der Waals surface area contributed by atoms with E-state index in [-0.39, 0.29) is 0 Å². The highest BCUT2D eigenvalue weighted by atomic mass is 15.0. The molecule has 0 amide bonds. The molecule has 0 atom stereocenters. The van der Waals surface area contributed by atoms with Gasteiger partial charge in [0.25, 0.3) is 0 Å². The summed E-state index contributed by atoms with van der Waals surface area (Å²) in [5, 5.41) is 5.00. The van der Waals surface area contributed by atoms with Crippen molar-refractivity contribution in [3.63, 3.8) is 0 Å². The molecule has 7 aromatic carbocycles. The standard InChI is InChI=1S/C42H28N2/c1-3-14-29(15-4-1)31-18-13-19-32(28-31)43-39-24-11-8-21-34(39)36-26-27-37-35-22-9-12-25-40(35)44(42(37)41(36)43)38-23-10-7-20-33(38)30-16-5-2-6-17-30/h1-28H. The number of aromatic nitrogens is 2. The van der Waals surface area contributed by atoms with Crippen LogP contribution in [0.25, 0.3) is 77.2 Å². The van der Waals surface area contributed by atoms with Crippen molar-refractivity contribution in [2.75, 3.05) is 0 Å². The van der Waals surface area contributed by atoms with Crippen LogP contribution in [-0.2, 0) is 0 Å². The average Bonchev–Trinajstić information content (AvgIpc) is 3.62. The van der Waals surface area contributed by atoms with Crippen molar-refractivity contribution >= 4 is 43.6 Å². The summed E-state index contributed by atoms with van der Waals surface area (Å²) in [4.78, 5) is 0. The van der Waals surface area contributed by atoms with Crippen LogP contribution in [0.2, 0.25) is 0 Å². The molecule has 0 aliphatic heterocycles. The lowest BCUT2D eigenvalue weighted by Crippen LogP contribution is -2.00. The Morgan fingerprint density at radius 3 is 1.55 bits per heavy atom. The lowest BCUT2D eigenvalue weighted by atomic mass is 10.0. The van der Waals surface area contributed by atoms with Crippen molar-refractivity contribution in [3.05, 3.63) is 170 Å². The number of benzene rings is 7. The summed E-state index contributed by atoms with van der Waals surface area (Å²) in [7, 11) is 0. The third kappa shape index (κ3) is 3.68. The Hall–Kier alpha value is -5.86. The molecule has 2 heteroatoms. The van der Waals surface area contributed by atoms with Crippen molar-refractivity contribution in [1.29, 1.82) is 0 Å². The molecule has 0 aliphatic carbocycles. The van der Waals surface area contributed by atoms with Gasteiger partial charge in [-0.05, 0) is 47.0 Å².